The average molecular weight is 234 g/mol. The SMILES string of the molecule is CCCCN(C(=O)CC(C)C)c1cccnc1. The zero-order valence-electron chi connectivity index (χ0n) is 11.0. The van der Waals surface area contributed by atoms with E-state index in [1.54, 1.807) is 12.4 Å². The fraction of sp³-hybridized carbons (Fsp3) is 0.571. The number of nitrogens with zero attached hydrogens (tertiary/aromatic N) is 2. The van der Waals surface area contributed by atoms with E-state index in [0.29, 0.717) is 12.3 Å². The third-order valence-electron chi connectivity index (χ3n) is 2.58. The molecular weight excluding hydrogens is 212 g/mol. The summed E-state index contributed by atoms with van der Waals surface area (Å²) < 4.78 is 0. The lowest BCUT2D eigenvalue weighted by Crippen LogP contribution is -2.32. The smallest absolute Gasteiger partial charge is 0.227 e. The van der Waals surface area contributed by atoms with E-state index in [2.05, 4.69) is 25.8 Å². The first-order valence-electron chi connectivity index (χ1n) is 6.35. The number of carbonyl (C=O) groups excluding carboxylic acids is 1. The summed E-state index contributed by atoms with van der Waals surface area (Å²) in [7, 11) is 0. The van der Waals surface area contributed by atoms with E-state index in [1.807, 2.05) is 17.0 Å². The molecule has 17 heavy (non-hydrogen) atoms. The molecule has 0 bridgehead atoms. The van der Waals surface area contributed by atoms with Crippen LogP contribution in [0.5, 0.6) is 0 Å². The molecule has 0 radical (unpaired) electrons. The molecule has 3 heteroatoms. The second kappa shape index (κ2) is 7.05. The topological polar surface area (TPSA) is 33.2 Å². The van der Waals surface area contributed by atoms with E-state index in [-0.39, 0.29) is 5.91 Å². The Hall–Kier alpha value is -1.38. The van der Waals surface area contributed by atoms with Gasteiger partial charge in [-0.25, -0.2) is 0 Å². The van der Waals surface area contributed by atoms with Gasteiger partial charge in [0.25, 0.3) is 0 Å². The number of pyridine rings is 1. The molecule has 1 aromatic heterocycles. The van der Waals surface area contributed by atoms with Gasteiger partial charge in [0.15, 0.2) is 0 Å². The number of amides is 1. The predicted molar refractivity (Wildman–Crippen MR) is 71.0 cm³/mol. The van der Waals surface area contributed by atoms with Crippen molar-refractivity contribution in [1.82, 2.24) is 4.98 Å². The summed E-state index contributed by atoms with van der Waals surface area (Å²) >= 11 is 0. The molecule has 0 aliphatic carbocycles. The minimum atomic E-state index is 0.196. The maximum Gasteiger partial charge on any atom is 0.227 e. The summed E-state index contributed by atoms with van der Waals surface area (Å²) in [6.45, 7) is 7.06. The van der Waals surface area contributed by atoms with Crippen LogP contribution in [0.1, 0.15) is 40.0 Å². The fourth-order valence-corrected chi connectivity index (χ4v) is 1.69. The molecule has 1 amide bonds. The maximum atomic E-state index is 12.2. The minimum absolute atomic E-state index is 0.196. The molecule has 0 aliphatic rings. The Morgan fingerprint density at radius 1 is 1.47 bits per heavy atom. The maximum absolute atomic E-state index is 12.2. The predicted octanol–water partition coefficient (Wildman–Crippen LogP) is 3.26. The molecule has 0 aromatic carbocycles. The Morgan fingerprint density at radius 2 is 2.24 bits per heavy atom. The Bertz CT molecular complexity index is 335. The van der Waals surface area contributed by atoms with Crippen LogP contribution >= 0.6 is 0 Å². The summed E-state index contributed by atoms with van der Waals surface area (Å²) in [4.78, 5) is 18.1. The van der Waals surface area contributed by atoms with Crippen LogP contribution in [0, 0.1) is 5.92 Å². The van der Waals surface area contributed by atoms with E-state index in [9.17, 15) is 4.79 Å². The highest BCUT2D eigenvalue weighted by Gasteiger charge is 2.16. The van der Waals surface area contributed by atoms with Crippen molar-refractivity contribution < 1.29 is 4.79 Å². The van der Waals surface area contributed by atoms with Gasteiger partial charge < -0.3 is 4.90 Å². The van der Waals surface area contributed by atoms with Gasteiger partial charge in [-0.2, -0.15) is 0 Å². The van der Waals surface area contributed by atoms with Crippen LogP contribution in [0.25, 0.3) is 0 Å². The fourth-order valence-electron chi connectivity index (χ4n) is 1.69. The van der Waals surface area contributed by atoms with E-state index >= 15 is 0 Å². The number of anilines is 1. The van der Waals surface area contributed by atoms with Crippen molar-refractivity contribution in [2.45, 2.75) is 40.0 Å². The van der Waals surface area contributed by atoms with Crippen LogP contribution in [0.15, 0.2) is 24.5 Å². The molecule has 0 N–H and O–H groups in total. The van der Waals surface area contributed by atoms with Crippen molar-refractivity contribution in [3.05, 3.63) is 24.5 Å². The lowest BCUT2D eigenvalue weighted by Gasteiger charge is -2.23. The molecule has 1 rings (SSSR count). The number of unbranched alkanes of at least 4 members (excludes halogenated alkanes) is 1. The van der Waals surface area contributed by atoms with E-state index < -0.39 is 0 Å². The van der Waals surface area contributed by atoms with Gasteiger partial charge in [0.1, 0.15) is 0 Å². The molecule has 0 atom stereocenters. The molecule has 0 saturated carbocycles. The van der Waals surface area contributed by atoms with Crippen LogP contribution in [0.4, 0.5) is 5.69 Å². The van der Waals surface area contributed by atoms with Crippen LogP contribution < -0.4 is 4.90 Å². The Labute approximate surface area is 104 Å². The number of rotatable bonds is 6. The highest BCUT2D eigenvalue weighted by Crippen LogP contribution is 2.16. The molecule has 0 unspecified atom stereocenters. The zero-order valence-corrected chi connectivity index (χ0v) is 11.0. The summed E-state index contributed by atoms with van der Waals surface area (Å²) in [6, 6.07) is 3.82. The standard InChI is InChI=1S/C14H22N2O/c1-4-5-9-16(14(17)10-12(2)3)13-7-6-8-15-11-13/h6-8,11-12H,4-5,9-10H2,1-3H3. The molecule has 0 spiro atoms. The van der Waals surface area contributed by atoms with Crippen molar-refractivity contribution in [2.75, 3.05) is 11.4 Å². The number of hydrogen-bond acceptors (Lipinski definition) is 2. The van der Waals surface area contributed by atoms with Gasteiger partial charge in [-0.3, -0.25) is 9.78 Å². The van der Waals surface area contributed by atoms with Crippen molar-refractivity contribution >= 4 is 11.6 Å². The third kappa shape index (κ3) is 4.55. The van der Waals surface area contributed by atoms with Gasteiger partial charge >= 0.3 is 0 Å². The van der Waals surface area contributed by atoms with E-state index in [1.165, 1.54) is 0 Å². The number of aromatic nitrogens is 1. The molecular formula is C14H22N2O. The van der Waals surface area contributed by atoms with Gasteiger partial charge in [0, 0.05) is 19.2 Å². The van der Waals surface area contributed by atoms with E-state index in [0.717, 1.165) is 25.1 Å². The second-order valence-electron chi connectivity index (χ2n) is 4.71. The van der Waals surface area contributed by atoms with Crippen LogP contribution in [0.3, 0.4) is 0 Å². The lowest BCUT2D eigenvalue weighted by atomic mass is 10.1. The van der Waals surface area contributed by atoms with Crippen LogP contribution in [-0.2, 0) is 4.79 Å². The highest BCUT2D eigenvalue weighted by molar-refractivity contribution is 5.93. The van der Waals surface area contributed by atoms with Crippen LogP contribution in [-0.4, -0.2) is 17.4 Å². The Kier molecular flexibility index (Phi) is 5.67. The first-order valence-corrected chi connectivity index (χ1v) is 6.35. The summed E-state index contributed by atoms with van der Waals surface area (Å²) in [5.74, 6) is 0.588. The quantitative estimate of drug-likeness (QED) is 0.757. The average Bonchev–Trinajstić information content (AvgIpc) is 2.30. The molecule has 0 fully saturated rings. The van der Waals surface area contributed by atoms with Gasteiger partial charge in [-0.1, -0.05) is 27.2 Å². The molecule has 1 aromatic rings. The molecule has 94 valence electrons. The highest BCUT2D eigenvalue weighted by atomic mass is 16.2. The first kappa shape index (κ1) is 13.7. The third-order valence-corrected chi connectivity index (χ3v) is 2.58. The van der Waals surface area contributed by atoms with Crippen molar-refractivity contribution in [1.29, 1.82) is 0 Å². The molecule has 3 nitrogen and oxygen atoms in total. The van der Waals surface area contributed by atoms with Gasteiger partial charge in [-0.15, -0.1) is 0 Å². The summed E-state index contributed by atoms with van der Waals surface area (Å²) in [6.07, 6.45) is 6.20. The van der Waals surface area contributed by atoms with Crippen LogP contribution in [0.2, 0.25) is 0 Å². The van der Waals surface area contributed by atoms with Gasteiger partial charge in [0.05, 0.1) is 11.9 Å². The van der Waals surface area contributed by atoms with Gasteiger partial charge in [0.2, 0.25) is 5.91 Å². The largest absolute Gasteiger partial charge is 0.311 e. The number of hydrogen-bond donors (Lipinski definition) is 0. The summed E-state index contributed by atoms with van der Waals surface area (Å²) in [5, 5.41) is 0. The lowest BCUT2D eigenvalue weighted by molar-refractivity contribution is -0.119. The molecule has 0 saturated heterocycles. The zero-order chi connectivity index (χ0) is 12.7. The van der Waals surface area contributed by atoms with Gasteiger partial charge in [-0.05, 0) is 24.5 Å². The van der Waals surface area contributed by atoms with Crippen molar-refractivity contribution in [2.24, 2.45) is 5.92 Å². The Morgan fingerprint density at radius 3 is 2.76 bits per heavy atom. The first-order chi connectivity index (χ1) is 8.15. The van der Waals surface area contributed by atoms with Crippen molar-refractivity contribution in [3.63, 3.8) is 0 Å². The monoisotopic (exact) mass is 234 g/mol. The molecule has 0 aliphatic heterocycles. The Balaban J connectivity index is 2.76. The van der Waals surface area contributed by atoms with E-state index in [4.69, 9.17) is 0 Å². The van der Waals surface area contributed by atoms with Crippen molar-refractivity contribution in [3.8, 4) is 0 Å². The normalized spacial score (nSPS) is 10.6. The minimum Gasteiger partial charge on any atom is -0.311 e. The number of carbonyl (C=O) groups is 1. The summed E-state index contributed by atoms with van der Waals surface area (Å²) in [5.41, 5.74) is 0.909. The second-order valence-corrected chi connectivity index (χ2v) is 4.71. The molecule has 1 heterocycles.